The van der Waals surface area contributed by atoms with E-state index in [2.05, 4.69) is 34.6 Å². The van der Waals surface area contributed by atoms with Crippen LogP contribution in [-0.2, 0) is 0 Å². The standard InChI is InChI=1S/C24H50/c1-6-13-22(14-7-2)18-11-20-24(17-10-5)21-12-19-23(15-8-3)16-9-4/h22-24H,6-21H2,1-5H3. The fraction of sp³-hybridized carbons (Fsp3) is 1.00. The van der Waals surface area contributed by atoms with Crippen molar-refractivity contribution in [3.63, 3.8) is 0 Å². The maximum absolute atomic E-state index is 2.38. The van der Waals surface area contributed by atoms with Gasteiger partial charge in [-0.25, -0.2) is 0 Å². The minimum Gasteiger partial charge on any atom is -0.0654 e. The first-order chi connectivity index (χ1) is 11.7. The average Bonchev–Trinajstić information content (AvgIpc) is 2.55. The van der Waals surface area contributed by atoms with Gasteiger partial charge in [0.2, 0.25) is 0 Å². The van der Waals surface area contributed by atoms with Crippen molar-refractivity contribution in [3.05, 3.63) is 0 Å². The van der Waals surface area contributed by atoms with Crippen molar-refractivity contribution in [1.29, 1.82) is 0 Å². The highest BCUT2D eigenvalue weighted by Crippen LogP contribution is 2.28. The van der Waals surface area contributed by atoms with Crippen LogP contribution in [0.4, 0.5) is 0 Å². The summed E-state index contributed by atoms with van der Waals surface area (Å²) in [6.45, 7) is 11.8. The molecule has 0 rings (SSSR count). The molecule has 24 heavy (non-hydrogen) atoms. The molecular weight excluding hydrogens is 288 g/mol. The molecule has 0 radical (unpaired) electrons. The van der Waals surface area contributed by atoms with Gasteiger partial charge in [-0.2, -0.15) is 0 Å². The summed E-state index contributed by atoms with van der Waals surface area (Å²) in [6.07, 6.45) is 23.2. The van der Waals surface area contributed by atoms with Gasteiger partial charge in [0.05, 0.1) is 0 Å². The van der Waals surface area contributed by atoms with Crippen LogP contribution in [-0.4, -0.2) is 0 Å². The number of hydrogen-bond donors (Lipinski definition) is 0. The molecule has 0 N–H and O–H groups in total. The van der Waals surface area contributed by atoms with Crippen molar-refractivity contribution < 1.29 is 0 Å². The lowest BCUT2D eigenvalue weighted by Crippen LogP contribution is -2.06. The van der Waals surface area contributed by atoms with E-state index in [1.807, 2.05) is 0 Å². The fourth-order valence-corrected chi connectivity index (χ4v) is 4.73. The summed E-state index contributed by atoms with van der Waals surface area (Å²) in [5.41, 5.74) is 0. The molecule has 0 atom stereocenters. The average molecular weight is 339 g/mol. The second kappa shape index (κ2) is 17.8. The first-order valence-corrected chi connectivity index (χ1v) is 11.7. The van der Waals surface area contributed by atoms with Gasteiger partial charge >= 0.3 is 0 Å². The van der Waals surface area contributed by atoms with Gasteiger partial charge in [-0.1, -0.05) is 137 Å². The van der Waals surface area contributed by atoms with Crippen molar-refractivity contribution in [2.75, 3.05) is 0 Å². The Morgan fingerprint density at radius 2 is 0.542 bits per heavy atom. The van der Waals surface area contributed by atoms with E-state index in [1.165, 1.54) is 103 Å². The topological polar surface area (TPSA) is 0 Å². The summed E-state index contributed by atoms with van der Waals surface area (Å²) in [5, 5.41) is 0. The summed E-state index contributed by atoms with van der Waals surface area (Å²) < 4.78 is 0. The third kappa shape index (κ3) is 13.3. The second-order valence-electron chi connectivity index (χ2n) is 8.40. The van der Waals surface area contributed by atoms with E-state index < -0.39 is 0 Å². The van der Waals surface area contributed by atoms with Gasteiger partial charge in [-0.3, -0.25) is 0 Å². The van der Waals surface area contributed by atoms with Crippen molar-refractivity contribution in [2.24, 2.45) is 17.8 Å². The van der Waals surface area contributed by atoms with Crippen LogP contribution >= 0.6 is 0 Å². The van der Waals surface area contributed by atoms with Crippen molar-refractivity contribution in [1.82, 2.24) is 0 Å². The predicted octanol–water partition coefficient (Wildman–Crippen LogP) is 9.18. The summed E-state index contributed by atoms with van der Waals surface area (Å²) in [4.78, 5) is 0. The minimum atomic E-state index is 1.01. The lowest BCUT2D eigenvalue weighted by Gasteiger charge is -2.21. The molecule has 0 aliphatic rings. The third-order valence-electron chi connectivity index (χ3n) is 5.93. The molecule has 0 heteroatoms. The van der Waals surface area contributed by atoms with E-state index in [0.29, 0.717) is 0 Å². The Balaban J connectivity index is 4.05. The van der Waals surface area contributed by atoms with E-state index in [4.69, 9.17) is 0 Å². The molecular formula is C24H50. The molecule has 0 aromatic heterocycles. The zero-order valence-electron chi connectivity index (χ0n) is 18.0. The first kappa shape index (κ1) is 24.0. The van der Waals surface area contributed by atoms with Gasteiger partial charge in [-0.05, 0) is 17.8 Å². The summed E-state index contributed by atoms with van der Waals surface area (Å²) in [7, 11) is 0. The number of hydrogen-bond acceptors (Lipinski definition) is 0. The Morgan fingerprint density at radius 3 is 0.750 bits per heavy atom. The zero-order valence-corrected chi connectivity index (χ0v) is 18.0. The number of rotatable bonds is 18. The van der Waals surface area contributed by atoms with Crippen LogP contribution in [0.1, 0.15) is 137 Å². The van der Waals surface area contributed by atoms with Crippen molar-refractivity contribution in [3.8, 4) is 0 Å². The van der Waals surface area contributed by atoms with E-state index >= 15 is 0 Å². The third-order valence-corrected chi connectivity index (χ3v) is 5.93. The van der Waals surface area contributed by atoms with Gasteiger partial charge in [0.25, 0.3) is 0 Å². The SMILES string of the molecule is CCCC(CCC)CCCC(CCC)CCCC(CCC)CCC. The van der Waals surface area contributed by atoms with Crippen LogP contribution in [0.15, 0.2) is 0 Å². The Hall–Kier alpha value is 0. The van der Waals surface area contributed by atoms with Crippen LogP contribution < -0.4 is 0 Å². The predicted molar refractivity (Wildman–Crippen MR) is 113 cm³/mol. The zero-order chi connectivity index (χ0) is 18.0. The van der Waals surface area contributed by atoms with Crippen LogP contribution in [0.25, 0.3) is 0 Å². The Kier molecular flexibility index (Phi) is 17.8. The molecule has 0 unspecified atom stereocenters. The molecule has 0 saturated carbocycles. The lowest BCUT2D eigenvalue weighted by atomic mass is 9.85. The summed E-state index contributed by atoms with van der Waals surface area (Å²) in [6, 6.07) is 0. The highest BCUT2D eigenvalue weighted by Gasteiger charge is 2.13. The Labute approximate surface area is 155 Å². The second-order valence-corrected chi connectivity index (χ2v) is 8.40. The molecule has 0 amide bonds. The van der Waals surface area contributed by atoms with Gasteiger partial charge in [-0.15, -0.1) is 0 Å². The van der Waals surface area contributed by atoms with Gasteiger partial charge in [0, 0.05) is 0 Å². The van der Waals surface area contributed by atoms with Crippen molar-refractivity contribution >= 4 is 0 Å². The molecule has 0 nitrogen and oxygen atoms in total. The molecule has 146 valence electrons. The molecule has 0 aromatic carbocycles. The molecule has 0 heterocycles. The van der Waals surface area contributed by atoms with Crippen LogP contribution in [0.3, 0.4) is 0 Å². The molecule has 0 aliphatic heterocycles. The summed E-state index contributed by atoms with van der Waals surface area (Å²) in [5.74, 6) is 3.05. The Bertz CT molecular complexity index is 198. The highest BCUT2D eigenvalue weighted by molar-refractivity contribution is 4.66. The maximum Gasteiger partial charge on any atom is -0.0414 e. The van der Waals surface area contributed by atoms with Gasteiger partial charge in [0.1, 0.15) is 0 Å². The smallest absolute Gasteiger partial charge is 0.0414 e. The first-order valence-electron chi connectivity index (χ1n) is 11.7. The molecule has 0 aromatic rings. The van der Waals surface area contributed by atoms with Crippen LogP contribution in [0, 0.1) is 17.8 Å². The maximum atomic E-state index is 2.38. The monoisotopic (exact) mass is 338 g/mol. The van der Waals surface area contributed by atoms with E-state index in [0.717, 1.165) is 17.8 Å². The van der Waals surface area contributed by atoms with E-state index in [1.54, 1.807) is 0 Å². The minimum absolute atomic E-state index is 1.01. The normalized spacial score (nSPS) is 12.0. The molecule has 0 spiro atoms. The molecule has 0 fully saturated rings. The molecule has 0 aliphatic carbocycles. The molecule has 0 bridgehead atoms. The van der Waals surface area contributed by atoms with Crippen LogP contribution in [0.2, 0.25) is 0 Å². The van der Waals surface area contributed by atoms with Gasteiger partial charge in [0.15, 0.2) is 0 Å². The largest absolute Gasteiger partial charge is 0.0654 e. The van der Waals surface area contributed by atoms with Gasteiger partial charge < -0.3 is 0 Å². The van der Waals surface area contributed by atoms with E-state index in [9.17, 15) is 0 Å². The molecule has 0 saturated heterocycles. The lowest BCUT2D eigenvalue weighted by molar-refractivity contribution is 0.324. The summed E-state index contributed by atoms with van der Waals surface area (Å²) >= 11 is 0. The Morgan fingerprint density at radius 1 is 0.333 bits per heavy atom. The van der Waals surface area contributed by atoms with Crippen LogP contribution in [0.5, 0.6) is 0 Å². The highest BCUT2D eigenvalue weighted by atomic mass is 14.2. The quantitative estimate of drug-likeness (QED) is 0.233. The fourth-order valence-electron chi connectivity index (χ4n) is 4.73. The van der Waals surface area contributed by atoms with E-state index in [-0.39, 0.29) is 0 Å². The van der Waals surface area contributed by atoms with Crippen molar-refractivity contribution in [2.45, 2.75) is 137 Å².